The molecule has 2 aromatic heterocycles. The molecule has 0 aliphatic carbocycles. The van der Waals surface area contributed by atoms with Crippen LogP contribution in [0.5, 0.6) is 0 Å². The maximum absolute atomic E-state index is 13.1. The van der Waals surface area contributed by atoms with Gasteiger partial charge in [-0.15, -0.1) is 0 Å². The standard InChI is InChI=1S/C23H30N2O13S.H2/c1-13-15(37-20(28)35-13)11-33-19(27)24-17(18(26)32-10-7-25-5-8-31-9-6-25)23(3,4)39-22(30)34-12-16-14(2)36-21(29)38-16;/h17H,5-12H2,1-4H3,(H,24,27);1H/t17-;/m0./s1. The number of aryl methyl sites for hydroxylation is 2. The van der Waals surface area contributed by atoms with E-state index in [4.69, 9.17) is 36.6 Å². The van der Waals surface area contributed by atoms with Crippen molar-refractivity contribution >= 4 is 29.1 Å². The number of amides is 1. The van der Waals surface area contributed by atoms with Crippen molar-refractivity contribution < 1.29 is 52.4 Å². The van der Waals surface area contributed by atoms with Crippen LogP contribution in [0.25, 0.3) is 0 Å². The molecule has 0 spiro atoms. The molecule has 0 bridgehead atoms. The lowest BCUT2D eigenvalue weighted by Crippen LogP contribution is -2.54. The van der Waals surface area contributed by atoms with Crippen molar-refractivity contribution in [3.8, 4) is 0 Å². The van der Waals surface area contributed by atoms with Crippen LogP contribution in [-0.2, 0) is 37.0 Å². The number of morpholine rings is 1. The first-order valence-corrected chi connectivity index (χ1v) is 12.7. The van der Waals surface area contributed by atoms with Gasteiger partial charge < -0.3 is 41.9 Å². The number of nitrogens with one attached hydrogen (secondary N) is 1. The van der Waals surface area contributed by atoms with Crippen LogP contribution < -0.4 is 17.0 Å². The SMILES string of the molecule is Cc1oc(=O)oc1COC(=O)N[C@@H](C(=O)OCCN1CCOCC1)C(C)(C)SC(=O)OCc1oc(=O)oc1C.[HH]. The number of rotatable bonds is 11. The summed E-state index contributed by atoms with van der Waals surface area (Å²) >= 11 is 0.610. The van der Waals surface area contributed by atoms with E-state index >= 15 is 0 Å². The second-order valence-electron chi connectivity index (χ2n) is 8.89. The molecule has 0 aromatic carbocycles. The van der Waals surface area contributed by atoms with E-state index in [1.165, 1.54) is 27.7 Å². The Labute approximate surface area is 227 Å². The minimum Gasteiger partial charge on any atom is -0.463 e. The molecule has 15 nitrogen and oxygen atoms in total. The van der Waals surface area contributed by atoms with Gasteiger partial charge in [0.05, 0.1) is 18.0 Å². The van der Waals surface area contributed by atoms with E-state index in [0.717, 1.165) is 0 Å². The third-order valence-electron chi connectivity index (χ3n) is 5.62. The molecular weight excluding hydrogens is 544 g/mol. The normalized spacial score (nSPS) is 15.0. The van der Waals surface area contributed by atoms with E-state index in [9.17, 15) is 24.0 Å². The van der Waals surface area contributed by atoms with Crippen LogP contribution in [0.4, 0.5) is 9.59 Å². The molecule has 1 amide bonds. The number of thioether (sulfide) groups is 1. The van der Waals surface area contributed by atoms with Gasteiger partial charge in [0.2, 0.25) is 0 Å². The molecule has 1 aliphatic heterocycles. The minimum atomic E-state index is -1.36. The first-order chi connectivity index (χ1) is 18.4. The second-order valence-corrected chi connectivity index (χ2v) is 10.5. The van der Waals surface area contributed by atoms with E-state index in [1.807, 2.05) is 0 Å². The molecule has 1 aliphatic rings. The third kappa shape index (κ3) is 9.04. The van der Waals surface area contributed by atoms with Crippen molar-refractivity contribution in [1.82, 2.24) is 10.2 Å². The summed E-state index contributed by atoms with van der Waals surface area (Å²) in [4.78, 5) is 62.6. The Hall–Kier alpha value is -3.50. The summed E-state index contributed by atoms with van der Waals surface area (Å²) in [6, 6.07) is -1.36. The summed E-state index contributed by atoms with van der Waals surface area (Å²) in [5.74, 6) is -2.37. The minimum absolute atomic E-state index is 0. The molecule has 218 valence electrons. The number of carbonyl (C=O) groups is 3. The molecule has 39 heavy (non-hydrogen) atoms. The maximum atomic E-state index is 13.1. The summed E-state index contributed by atoms with van der Waals surface area (Å²) in [5.41, 5.74) is 0. The highest BCUT2D eigenvalue weighted by molar-refractivity contribution is 8.14. The van der Waals surface area contributed by atoms with Gasteiger partial charge in [-0.25, -0.2) is 24.0 Å². The Morgan fingerprint density at radius 2 is 1.51 bits per heavy atom. The van der Waals surface area contributed by atoms with E-state index in [1.54, 1.807) is 0 Å². The molecule has 1 N–H and O–H groups in total. The average molecular weight is 577 g/mol. The van der Waals surface area contributed by atoms with Gasteiger partial charge in [0, 0.05) is 21.1 Å². The lowest BCUT2D eigenvalue weighted by atomic mass is 10.0. The van der Waals surface area contributed by atoms with E-state index < -0.39 is 46.4 Å². The highest BCUT2D eigenvalue weighted by Gasteiger charge is 2.41. The Balaban J connectivity index is 0.00000560. The van der Waals surface area contributed by atoms with E-state index in [-0.39, 0.29) is 37.7 Å². The first-order valence-electron chi connectivity index (χ1n) is 11.9. The molecule has 1 saturated heterocycles. The van der Waals surface area contributed by atoms with Crippen molar-refractivity contribution in [3.63, 3.8) is 0 Å². The van der Waals surface area contributed by atoms with Crippen molar-refractivity contribution in [1.29, 1.82) is 0 Å². The summed E-state index contributed by atoms with van der Waals surface area (Å²) in [5, 5.41) is 1.59. The summed E-state index contributed by atoms with van der Waals surface area (Å²) in [6.45, 7) is 8.19. The van der Waals surface area contributed by atoms with Crippen LogP contribution in [0, 0.1) is 13.8 Å². The summed E-state index contributed by atoms with van der Waals surface area (Å²) in [6.07, 6.45) is -1.04. The second kappa shape index (κ2) is 13.5. The van der Waals surface area contributed by atoms with Crippen molar-refractivity contribution in [2.24, 2.45) is 0 Å². The molecule has 0 radical (unpaired) electrons. The van der Waals surface area contributed by atoms with Gasteiger partial charge in [0.25, 0.3) is 0 Å². The Morgan fingerprint density at radius 3 is 2.05 bits per heavy atom. The van der Waals surface area contributed by atoms with Crippen LogP contribution in [0.15, 0.2) is 27.3 Å². The quantitative estimate of drug-likeness (QED) is 0.301. The number of alkyl carbamates (subject to hydrolysis) is 1. The van der Waals surface area contributed by atoms with Crippen molar-refractivity contribution in [2.75, 3.05) is 39.5 Å². The first kappa shape index (κ1) is 30.0. The lowest BCUT2D eigenvalue weighted by molar-refractivity contribution is -0.147. The molecule has 0 unspecified atom stereocenters. The topological polar surface area (TPSA) is 190 Å². The molecule has 3 heterocycles. The fourth-order valence-corrected chi connectivity index (χ4v) is 4.25. The van der Waals surface area contributed by atoms with Crippen LogP contribution in [0.2, 0.25) is 0 Å². The zero-order valence-corrected chi connectivity index (χ0v) is 22.7. The van der Waals surface area contributed by atoms with Gasteiger partial charge >= 0.3 is 29.0 Å². The predicted octanol–water partition coefficient (Wildman–Crippen LogP) is 1.96. The number of hydrogen-bond donors (Lipinski definition) is 1. The number of carbonyl (C=O) groups excluding carboxylic acids is 3. The average Bonchev–Trinajstić information content (AvgIpc) is 3.37. The van der Waals surface area contributed by atoms with Gasteiger partial charge in [0.1, 0.15) is 12.6 Å². The fourth-order valence-electron chi connectivity index (χ4n) is 3.43. The Morgan fingerprint density at radius 1 is 0.949 bits per heavy atom. The van der Waals surface area contributed by atoms with Crippen LogP contribution in [-0.4, -0.2) is 72.5 Å². The molecular formula is C23H32N2O13S. The van der Waals surface area contributed by atoms with Gasteiger partial charge in [0.15, 0.2) is 36.3 Å². The van der Waals surface area contributed by atoms with Gasteiger partial charge in [-0.05, 0) is 39.5 Å². The van der Waals surface area contributed by atoms with Crippen LogP contribution in [0.3, 0.4) is 0 Å². The summed E-state index contributed by atoms with van der Waals surface area (Å²) in [7, 11) is 0. The predicted molar refractivity (Wildman–Crippen MR) is 133 cm³/mol. The monoisotopic (exact) mass is 576 g/mol. The Bertz CT molecular complexity index is 1260. The number of hydrogen-bond acceptors (Lipinski definition) is 15. The largest absolute Gasteiger partial charge is 0.519 e. The van der Waals surface area contributed by atoms with Crippen molar-refractivity contribution in [3.05, 3.63) is 44.3 Å². The van der Waals surface area contributed by atoms with E-state index in [0.29, 0.717) is 44.6 Å². The van der Waals surface area contributed by atoms with Gasteiger partial charge in [-0.2, -0.15) is 0 Å². The van der Waals surface area contributed by atoms with E-state index in [2.05, 4.69) is 10.2 Å². The van der Waals surface area contributed by atoms with Gasteiger partial charge in [-0.3, -0.25) is 4.90 Å². The number of nitrogens with zero attached hydrogens (tertiary/aromatic N) is 1. The smallest absolute Gasteiger partial charge is 0.463 e. The Kier molecular flexibility index (Phi) is 10.4. The molecule has 1 atom stereocenters. The number of ether oxygens (including phenoxy) is 4. The molecule has 2 aromatic rings. The highest BCUT2D eigenvalue weighted by Crippen LogP contribution is 2.31. The zero-order chi connectivity index (χ0) is 28.6. The van der Waals surface area contributed by atoms with Gasteiger partial charge in [-0.1, -0.05) is 0 Å². The van der Waals surface area contributed by atoms with Crippen molar-refractivity contribution in [2.45, 2.75) is 51.7 Å². The number of esters is 1. The van der Waals surface area contributed by atoms with Crippen LogP contribution in [0.1, 0.15) is 38.3 Å². The van der Waals surface area contributed by atoms with Crippen LogP contribution >= 0.6 is 11.8 Å². The molecule has 3 rings (SSSR count). The zero-order valence-electron chi connectivity index (χ0n) is 21.9. The fraction of sp³-hybridized carbons (Fsp3) is 0.609. The summed E-state index contributed by atoms with van der Waals surface area (Å²) < 4.78 is 38.7. The highest BCUT2D eigenvalue weighted by atomic mass is 32.2. The lowest BCUT2D eigenvalue weighted by Gasteiger charge is -2.31. The molecule has 0 saturated carbocycles. The molecule has 16 heteroatoms. The maximum Gasteiger partial charge on any atom is 0.519 e. The third-order valence-corrected chi connectivity index (χ3v) is 6.67. The molecule has 1 fully saturated rings.